The van der Waals surface area contributed by atoms with Crippen LogP contribution in [0.5, 0.6) is 0 Å². The van der Waals surface area contributed by atoms with Crippen LogP contribution < -0.4 is 0 Å². The van der Waals surface area contributed by atoms with Gasteiger partial charge < -0.3 is 5.11 Å². The van der Waals surface area contributed by atoms with E-state index in [4.69, 9.17) is 11.6 Å². The zero-order chi connectivity index (χ0) is 12.6. The average Bonchev–Trinajstić information content (AvgIpc) is 2.49. The molecule has 0 aliphatic rings. The first kappa shape index (κ1) is 14.0. The van der Waals surface area contributed by atoms with Gasteiger partial charge in [0.2, 0.25) is 0 Å². The fourth-order valence-electron chi connectivity index (χ4n) is 1.14. The van der Waals surface area contributed by atoms with Gasteiger partial charge in [-0.25, -0.2) is 8.42 Å². The fourth-order valence-corrected chi connectivity index (χ4v) is 2.85. The molecule has 1 atom stereocenters. The Kier molecular flexibility index (Phi) is 4.05. The highest BCUT2D eigenvalue weighted by Gasteiger charge is 2.38. The Labute approximate surface area is 105 Å². The standard InChI is InChI=1S/C10H15ClO3S2/c1-10(2,16(3,13)14)8(12)6-7-4-5-9(11)15-7/h4-5,8,12H,6H2,1-3H3. The monoisotopic (exact) mass is 282 g/mol. The molecule has 1 heterocycles. The number of hydrogen-bond donors (Lipinski definition) is 1. The van der Waals surface area contributed by atoms with Crippen LogP contribution in [-0.4, -0.2) is 30.6 Å². The summed E-state index contributed by atoms with van der Waals surface area (Å²) in [6.07, 6.45) is 0.506. The lowest BCUT2D eigenvalue weighted by molar-refractivity contribution is 0.138. The van der Waals surface area contributed by atoms with E-state index < -0.39 is 20.7 Å². The summed E-state index contributed by atoms with van der Waals surface area (Å²) in [7, 11) is -3.29. The molecule has 16 heavy (non-hydrogen) atoms. The SMILES string of the molecule is CC(C)(C(O)Cc1ccc(Cl)s1)S(C)(=O)=O. The molecule has 3 nitrogen and oxygen atoms in total. The quantitative estimate of drug-likeness (QED) is 0.920. The van der Waals surface area contributed by atoms with E-state index in [1.165, 1.54) is 25.2 Å². The summed E-state index contributed by atoms with van der Waals surface area (Å²) in [5.41, 5.74) is 0. The Morgan fingerprint density at radius 2 is 2.06 bits per heavy atom. The third kappa shape index (κ3) is 2.97. The van der Waals surface area contributed by atoms with Crippen LogP contribution in [0.4, 0.5) is 0 Å². The van der Waals surface area contributed by atoms with Gasteiger partial charge in [-0.2, -0.15) is 0 Å². The number of aliphatic hydroxyl groups excluding tert-OH is 1. The van der Waals surface area contributed by atoms with Crippen LogP contribution >= 0.6 is 22.9 Å². The molecule has 92 valence electrons. The number of hydrogen-bond acceptors (Lipinski definition) is 4. The van der Waals surface area contributed by atoms with E-state index in [1.807, 2.05) is 0 Å². The smallest absolute Gasteiger partial charge is 0.155 e. The summed E-state index contributed by atoms with van der Waals surface area (Å²) in [6.45, 7) is 3.06. The van der Waals surface area contributed by atoms with Crippen LogP contribution in [0.2, 0.25) is 4.34 Å². The minimum absolute atomic E-state index is 0.303. The van der Waals surface area contributed by atoms with Crippen molar-refractivity contribution in [1.29, 1.82) is 0 Å². The van der Waals surface area contributed by atoms with Crippen LogP contribution in [0, 0.1) is 0 Å². The van der Waals surface area contributed by atoms with Crippen molar-refractivity contribution >= 4 is 32.8 Å². The Bertz CT molecular complexity index is 462. The molecule has 0 radical (unpaired) electrons. The van der Waals surface area contributed by atoms with E-state index in [2.05, 4.69) is 0 Å². The molecule has 0 fully saturated rings. The normalized spacial score (nSPS) is 15.1. The number of halogens is 1. The fraction of sp³-hybridized carbons (Fsp3) is 0.600. The number of sulfone groups is 1. The topological polar surface area (TPSA) is 54.4 Å². The second kappa shape index (κ2) is 4.64. The van der Waals surface area contributed by atoms with E-state index in [9.17, 15) is 13.5 Å². The summed E-state index contributed by atoms with van der Waals surface area (Å²) < 4.78 is 22.5. The average molecular weight is 283 g/mol. The van der Waals surface area contributed by atoms with Gasteiger partial charge in [0.15, 0.2) is 9.84 Å². The van der Waals surface area contributed by atoms with Crippen LogP contribution in [0.25, 0.3) is 0 Å². The first-order chi connectivity index (χ1) is 7.14. The number of thiophene rings is 1. The predicted octanol–water partition coefficient (Wildman–Crippen LogP) is 2.13. The Balaban J connectivity index is 2.84. The molecule has 1 rings (SSSR count). The zero-order valence-corrected chi connectivity index (χ0v) is 11.8. The lowest BCUT2D eigenvalue weighted by Gasteiger charge is -2.28. The first-order valence-electron chi connectivity index (χ1n) is 4.76. The van der Waals surface area contributed by atoms with Crippen molar-refractivity contribution in [3.63, 3.8) is 0 Å². The molecular formula is C10H15ClO3S2. The van der Waals surface area contributed by atoms with Gasteiger partial charge in [0, 0.05) is 17.6 Å². The maximum atomic E-state index is 11.5. The molecular weight excluding hydrogens is 268 g/mol. The molecule has 0 bridgehead atoms. The first-order valence-corrected chi connectivity index (χ1v) is 7.85. The third-order valence-electron chi connectivity index (χ3n) is 2.78. The van der Waals surface area contributed by atoms with Crippen molar-refractivity contribution in [2.75, 3.05) is 6.26 Å². The molecule has 0 saturated heterocycles. The highest BCUT2D eigenvalue weighted by Crippen LogP contribution is 2.27. The Hall–Kier alpha value is -0.100. The summed E-state index contributed by atoms with van der Waals surface area (Å²) in [5, 5.41) is 9.96. The van der Waals surface area contributed by atoms with Crippen molar-refractivity contribution in [1.82, 2.24) is 0 Å². The van der Waals surface area contributed by atoms with Crippen molar-refractivity contribution in [3.05, 3.63) is 21.3 Å². The highest BCUT2D eigenvalue weighted by molar-refractivity contribution is 7.92. The molecule has 1 aromatic rings. The van der Waals surface area contributed by atoms with Gasteiger partial charge in [0.05, 0.1) is 15.2 Å². The lowest BCUT2D eigenvalue weighted by Crippen LogP contribution is -2.44. The molecule has 0 aliphatic carbocycles. The minimum atomic E-state index is -3.29. The lowest BCUT2D eigenvalue weighted by atomic mass is 10.0. The van der Waals surface area contributed by atoms with E-state index in [-0.39, 0.29) is 0 Å². The maximum absolute atomic E-state index is 11.5. The Morgan fingerprint density at radius 3 is 2.44 bits per heavy atom. The number of rotatable bonds is 4. The van der Waals surface area contributed by atoms with E-state index in [0.29, 0.717) is 10.8 Å². The molecule has 1 N–H and O–H groups in total. The van der Waals surface area contributed by atoms with E-state index >= 15 is 0 Å². The second-order valence-electron chi connectivity index (χ2n) is 4.30. The summed E-state index contributed by atoms with van der Waals surface area (Å²) in [5.74, 6) is 0. The molecule has 0 amide bonds. The van der Waals surface area contributed by atoms with Crippen molar-refractivity contribution in [2.24, 2.45) is 0 Å². The maximum Gasteiger partial charge on any atom is 0.155 e. The number of aliphatic hydroxyl groups is 1. The Morgan fingerprint density at radius 1 is 1.50 bits per heavy atom. The van der Waals surface area contributed by atoms with Crippen LogP contribution in [0.3, 0.4) is 0 Å². The second-order valence-corrected chi connectivity index (χ2v) is 8.70. The predicted molar refractivity (Wildman–Crippen MR) is 68.0 cm³/mol. The van der Waals surface area contributed by atoms with Gasteiger partial charge in [0.1, 0.15) is 0 Å². The molecule has 1 aromatic heterocycles. The van der Waals surface area contributed by atoms with Gasteiger partial charge in [-0.1, -0.05) is 11.6 Å². The van der Waals surface area contributed by atoms with Gasteiger partial charge in [-0.05, 0) is 26.0 Å². The van der Waals surface area contributed by atoms with Gasteiger partial charge >= 0.3 is 0 Å². The molecule has 0 spiro atoms. The van der Waals surface area contributed by atoms with Gasteiger partial charge in [-0.3, -0.25) is 0 Å². The van der Waals surface area contributed by atoms with Gasteiger partial charge in [-0.15, -0.1) is 11.3 Å². The van der Waals surface area contributed by atoms with E-state index in [0.717, 1.165) is 11.1 Å². The molecule has 1 unspecified atom stereocenters. The summed E-state index contributed by atoms with van der Waals surface area (Å²) >= 11 is 7.12. The molecule has 0 saturated carbocycles. The molecule has 0 aliphatic heterocycles. The van der Waals surface area contributed by atoms with Crippen LogP contribution in [-0.2, 0) is 16.3 Å². The van der Waals surface area contributed by atoms with Crippen LogP contribution in [0.1, 0.15) is 18.7 Å². The van der Waals surface area contributed by atoms with E-state index in [1.54, 1.807) is 12.1 Å². The van der Waals surface area contributed by atoms with Crippen molar-refractivity contribution in [3.8, 4) is 0 Å². The molecule has 6 heteroatoms. The molecule has 0 aromatic carbocycles. The summed E-state index contributed by atoms with van der Waals surface area (Å²) in [4.78, 5) is 0.884. The van der Waals surface area contributed by atoms with Gasteiger partial charge in [0.25, 0.3) is 0 Å². The minimum Gasteiger partial charge on any atom is -0.391 e. The van der Waals surface area contributed by atoms with Crippen molar-refractivity contribution in [2.45, 2.75) is 31.1 Å². The summed E-state index contributed by atoms with van der Waals surface area (Å²) in [6, 6.07) is 3.54. The highest BCUT2D eigenvalue weighted by atomic mass is 35.5. The van der Waals surface area contributed by atoms with Crippen LogP contribution in [0.15, 0.2) is 12.1 Å². The zero-order valence-electron chi connectivity index (χ0n) is 9.40. The van der Waals surface area contributed by atoms with Crippen molar-refractivity contribution < 1.29 is 13.5 Å². The largest absolute Gasteiger partial charge is 0.391 e. The third-order valence-corrected chi connectivity index (χ3v) is 6.22.